The molecule has 130 valence electrons. The van der Waals surface area contributed by atoms with Crippen molar-refractivity contribution in [3.63, 3.8) is 0 Å². The van der Waals surface area contributed by atoms with Crippen LogP contribution in [0.3, 0.4) is 0 Å². The first-order valence-electron chi connectivity index (χ1n) is 8.01. The van der Waals surface area contributed by atoms with Gasteiger partial charge in [-0.05, 0) is 30.3 Å². The summed E-state index contributed by atoms with van der Waals surface area (Å²) in [4.78, 5) is 18.8. The second-order valence-corrected chi connectivity index (χ2v) is 6.56. The first-order valence-corrected chi connectivity index (χ1v) is 8.39. The van der Waals surface area contributed by atoms with Gasteiger partial charge in [0.1, 0.15) is 24.3 Å². The number of piperidine rings is 1. The summed E-state index contributed by atoms with van der Waals surface area (Å²) >= 11 is 5.79. The highest BCUT2D eigenvalue weighted by atomic mass is 35.5. The summed E-state index contributed by atoms with van der Waals surface area (Å²) in [6.07, 6.45) is 2.01. The van der Waals surface area contributed by atoms with Crippen molar-refractivity contribution in [3.05, 3.63) is 64.7 Å². The second kappa shape index (κ2) is 6.37. The highest BCUT2D eigenvalue weighted by Gasteiger charge is 2.52. The minimum Gasteiger partial charge on any atom is -0.347 e. The van der Waals surface area contributed by atoms with Crippen LogP contribution in [-0.2, 0) is 15.1 Å². The van der Waals surface area contributed by atoms with Gasteiger partial charge in [-0.1, -0.05) is 17.7 Å². The number of fused-ring (bicyclic) bond motifs is 1. The van der Waals surface area contributed by atoms with E-state index >= 15 is 0 Å². The fourth-order valence-corrected chi connectivity index (χ4v) is 3.63. The van der Waals surface area contributed by atoms with Gasteiger partial charge in [0.15, 0.2) is 0 Å². The Labute approximate surface area is 149 Å². The molecule has 0 spiro atoms. The fourth-order valence-electron chi connectivity index (χ4n) is 3.45. The highest BCUT2D eigenvalue weighted by Crippen LogP contribution is 2.41. The van der Waals surface area contributed by atoms with Crippen molar-refractivity contribution in [2.24, 2.45) is 0 Å². The van der Waals surface area contributed by atoms with Crippen LogP contribution in [0.1, 0.15) is 22.5 Å². The summed E-state index contributed by atoms with van der Waals surface area (Å²) < 4.78 is 25.0. The summed E-state index contributed by atoms with van der Waals surface area (Å²) in [5.41, 5.74) is 0.545. The summed E-state index contributed by atoms with van der Waals surface area (Å²) in [6.45, 7) is 1.04. The number of amides is 1. The van der Waals surface area contributed by atoms with Gasteiger partial charge in [-0.25, -0.2) is 4.39 Å². The molecule has 5 nitrogen and oxygen atoms in total. The molecule has 0 saturated carbocycles. The summed E-state index contributed by atoms with van der Waals surface area (Å²) in [7, 11) is 0. The van der Waals surface area contributed by atoms with E-state index in [1.807, 2.05) is 18.2 Å². The lowest BCUT2D eigenvalue weighted by molar-refractivity contribution is -0.0470. The first-order chi connectivity index (χ1) is 12.1. The van der Waals surface area contributed by atoms with Crippen molar-refractivity contribution in [1.82, 2.24) is 9.88 Å². The number of carbonyl (C=O) groups is 1. The number of hydrogen-bond acceptors (Lipinski definition) is 4. The topological polar surface area (TPSA) is 51.7 Å². The van der Waals surface area contributed by atoms with E-state index in [-0.39, 0.29) is 23.8 Å². The number of ether oxygens (including phenoxy) is 2. The first kappa shape index (κ1) is 16.4. The Hall–Kier alpha value is -2.02. The molecular weight excluding hydrogens is 347 g/mol. The van der Waals surface area contributed by atoms with Gasteiger partial charge in [0.25, 0.3) is 5.91 Å². The third kappa shape index (κ3) is 2.80. The number of pyridine rings is 1. The maximum absolute atomic E-state index is 13.3. The average Bonchev–Trinajstić information content (AvgIpc) is 3.08. The van der Waals surface area contributed by atoms with Gasteiger partial charge >= 0.3 is 0 Å². The van der Waals surface area contributed by atoms with Crippen LogP contribution < -0.4 is 0 Å². The summed E-state index contributed by atoms with van der Waals surface area (Å²) in [5.74, 6) is -0.745. The highest BCUT2D eigenvalue weighted by molar-refractivity contribution is 6.31. The lowest BCUT2D eigenvalue weighted by Gasteiger charge is -2.41. The number of aromatic nitrogens is 1. The minimum atomic E-state index is -0.627. The van der Waals surface area contributed by atoms with Gasteiger partial charge < -0.3 is 14.4 Å². The van der Waals surface area contributed by atoms with Crippen LogP contribution in [-0.4, -0.2) is 41.8 Å². The van der Waals surface area contributed by atoms with E-state index in [0.29, 0.717) is 25.1 Å². The van der Waals surface area contributed by atoms with Crippen molar-refractivity contribution < 1.29 is 18.7 Å². The van der Waals surface area contributed by atoms with Crippen LogP contribution in [0, 0.1) is 5.82 Å². The largest absolute Gasteiger partial charge is 0.347 e. The van der Waals surface area contributed by atoms with Crippen LogP contribution in [0.2, 0.25) is 5.02 Å². The van der Waals surface area contributed by atoms with Gasteiger partial charge in [-0.2, -0.15) is 0 Å². The number of likely N-dealkylation sites (tertiary alicyclic amines) is 1. The smallest absolute Gasteiger partial charge is 0.254 e. The molecule has 0 radical (unpaired) electrons. The van der Waals surface area contributed by atoms with Crippen molar-refractivity contribution in [2.45, 2.75) is 18.1 Å². The fraction of sp³-hybridized carbons (Fsp3) is 0.333. The van der Waals surface area contributed by atoms with E-state index in [0.717, 1.165) is 5.69 Å². The molecule has 2 fully saturated rings. The van der Waals surface area contributed by atoms with Crippen molar-refractivity contribution in [2.75, 3.05) is 19.9 Å². The van der Waals surface area contributed by atoms with Crippen LogP contribution in [0.4, 0.5) is 4.39 Å². The van der Waals surface area contributed by atoms with Crippen molar-refractivity contribution in [1.29, 1.82) is 0 Å². The Kier molecular flexibility index (Phi) is 4.19. The molecule has 1 aromatic heterocycles. The van der Waals surface area contributed by atoms with E-state index in [2.05, 4.69) is 4.98 Å². The number of halogens is 2. The number of rotatable bonds is 2. The Bertz CT molecular complexity index is 804. The molecule has 0 unspecified atom stereocenters. The molecule has 4 rings (SSSR count). The van der Waals surface area contributed by atoms with E-state index in [9.17, 15) is 9.18 Å². The van der Waals surface area contributed by atoms with Gasteiger partial charge in [-0.3, -0.25) is 9.78 Å². The molecule has 1 amide bonds. The number of carbonyl (C=O) groups excluding carboxylic acids is 1. The predicted octanol–water partition coefficient (Wildman–Crippen LogP) is 2.99. The van der Waals surface area contributed by atoms with E-state index < -0.39 is 11.4 Å². The predicted molar refractivity (Wildman–Crippen MR) is 88.7 cm³/mol. The quantitative estimate of drug-likeness (QED) is 0.824. The van der Waals surface area contributed by atoms with Crippen LogP contribution in [0.15, 0.2) is 42.6 Å². The molecule has 2 saturated heterocycles. The molecule has 2 aliphatic rings. The van der Waals surface area contributed by atoms with Gasteiger partial charge in [-0.15, -0.1) is 0 Å². The summed E-state index contributed by atoms with van der Waals surface area (Å²) in [5, 5.41) is -0.0638. The molecule has 7 heteroatoms. The number of benzene rings is 1. The van der Waals surface area contributed by atoms with Crippen molar-refractivity contribution in [3.8, 4) is 0 Å². The van der Waals surface area contributed by atoms with Gasteiger partial charge in [0.05, 0.1) is 17.3 Å². The Morgan fingerprint density at radius 1 is 1.36 bits per heavy atom. The average molecular weight is 363 g/mol. The second-order valence-electron chi connectivity index (χ2n) is 6.15. The molecule has 0 N–H and O–H groups in total. The van der Waals surface area contributed by atoms with E-state index in [1.165, 1.54) is 18.2 Å². The number of hydrogen-bond donors (Lipinski definition) is 0. The SMILES string of the molecule is O=C(c1ccc(F)c(Cl)c1)N1CC[C@@]2(c3ccccn3)OCO[C@H]2C1. The molecule has 25 heavy (non-hydrogen) atoms. The molecule has 1 aromatic carbocycles. The zero-order valence-corrected chi connectivity index (χ0v) is 14.1. The zero-order chi connectivity index (χ0) is 17.4. The Balaban J connectivity index is 1.57. The molecule has 2 atom stereocenters. The maximum atomic E-state index is 13.3. The molecule has 0 aliphatic carbocycles. The van der Waals surface area contributed by atoms with Gasteiger partial charge in [0.2, 0.25) is 0 Å². The standard InChI is InChI=1S/C18H16ClFN2O3/c19-13-9-12(4-5-14(13)20)17(23)22-8-6-18(15-3-1-2-7-21-15)16(10-22)24-11-25-18/h1-5,7,9,16H,6,8,10-11H2/t16-,18-/m0/s1. The lowest BCUT2D eigenvalue weighted by atomic mass is 9.85. The number of nitrogens with zero attached hydrogens (tertiary/aromatic N) is 2. The molecule has 2 aliphatic heterocycles. The third-order valence-corrected chi connectivity index (χ3v) is 5.09. The summed E-state index contributed by atoms with van der Waals surface area (Å²) in [6, 6.07) is 9.67. The lowest BCUT2D eigenvalue weighted by Crippen LogP contribution is -2.53. The zero-order valence-electron chi connectivity index (χ0n) is 13.3. The van der Waals surface area contributed by atoms with Crippen LogP contribution in [0.25, 0.3) is 0 Å². The van der Waals surface area contributed by atoms with Crippen LogP contribution >= 0.6 is 11.6 Å². The molecule has 0 bridgehead atoms. The third-order valence-electron chi connectivity index (χ3n) is 4.80. The maximum Gasteiger partial charge on any atom is 0.254 e. The Morgan fingerprint density at radius 3 is 3.00 bits per heavy atom. The minimum absolute atomic E-state index is 0.0638. The monoisotopic (exact) mass is 362 g/mol. The Morgan fingerprint density at radius 2 is 2.24 bits per heavy atom. The van der Waals surface area contributed by atoms with Gasteiger partial charge in [0, 0.05) is 24.7 Å². The molecular formula is C18H16ClFN2O3. The van der Waals surface area contributed by atoms with Crippen LogP contribution in [0.5, 0.6) is 0 Å². The molecule has 3 heterocycles. The van der Waals surface area contributed by atoms with Crippen molar-refractivity contribution >= 4 is 17.5 Å². The van der Waals surface area contributed by atoms with E-state index in [4.69, 9.17) is 21.1 Å². The molecule has 2 aromatic rings. The van der Waals surface area contributed by atoms with E-state index in [1.54, 1.807) is 11.1 Å². The normalized spacial score (nSPS) is 25.7.